The lowest BCUT2D eigenvalue weighted by Crippen LogP contribution is -2.21. The highest BCUT2D eigenvalue weighted by Gasteiger charge is 2.07. The van der Waals surface area contributed by atoms with E-state index in [4.69, 9.17) is 11.2 Å². The molecule has 0 saturated carbocycles. The lowest BCUT2D eigenvalue weighted by atomic mass is 10.1. The first-order valence-electron chi connectivity index (χ1n) is 6.98. The van der Waals surface area contributed by atoms with Crippen LogP contribution in [0.5, 0.6) is 5.75 Å². The fourth-order valence-corrected chi connectivity index (χ4v) is 1.98. The Balaban J connectivity index is 1.78. The van der Waals surface area contributed by atoms with Gasteiger partial charge in [-0.05, 0) is 35.4 Å². The summed E-state index contributed by atoms with van der Waals surface area (Å²) in [5.74, 6) is 2.83. The Hall–Kier alpha value is -2.35. The van der Waals surface area contributed by atoms with Crippen molar-refractivity contribution in [1.82, 2.24) is 5.32 Å². The van der Waals surface area contributed by atoms with Crippen molar-refractivity contribution in [2.45, 2.75) is 12.6 Å². The van der Waals surface area contributed by atoms with Gasteiger partial charge in [0.1, 0.15) is 18.2 Å². The SMILES string of the molecule is C#CCOc1ccc(CNCC(O)c2ccc(F)cc2)cc1. The van der Waals surface area contributed by atoms with Crippen LogP contribution < -0.4 is 10.1 Å². The van der Waals surface area contributed by atoms with Crippen molar-refractivity contribution >= 4 is 0 Å². The first kappa shape index (κ1) is 16.0. The molecule has 0 aromatic heterocycles. The topological polar surface area (TPSA) is 41.5 Å². The van der Waals surface area contributed by atoms with E-state index >= 15 is 0 Å². The van der Waals surface area contributed by atoms with E-state index in [1.54, 1.807) is 12.1 Å². The maximum Gasteiger partial charge on any atom is 0.148 e. The fourth-order valence-electron chi connectivity index (χ4n) is 1.98. The zero-order chi connectivity index (χ0) is 15.8. The van der Waals surface area contributed by atoms with Crippen LogP contribution in [0.1, 0.15) is 17.2 Å². The standard InChI is InChI=1S/C18H18FNO2/c1-2-11-22-17-9-3-14(4-10-17)12-20-13-18(21)15-5-7-16(19)8-6-15/h1,3-10,18,20-21H,11-13H2. The number of terminal acetylenes is 1. The molecule has 0 fully saturated rings. The van der Waals surface area contributed by atoms with Crippen LogP contribution in [0.4, 0.5) is 4.39 Å². The van der Waals surface area contributed by atoms with Crippen LogP contribution in [0, 0.1) is 18.2 Å². The summed E-state index contributed by atoms with van der Waals surface area (Å²) in [6.07, 6.45) is 4.46. The molecule has 1 atom stereocenters. The van der Waals surface area contributed by atoms with Gasteiger partial charge in [-0.3, -0.25) is 0 Å². The largest absolute Gasteiger partial charge is 0.481 e. The van der Waals surface area contributed by atoms with Gasteiger partial charge >= 0.3 is 0 Å². The molecule has 0 aliphatic carbocycles. The number of benzene rings is 2. The summed E-state index contributed by atoms with van der Waals surface area (Å²) >= 11 is 0. The summed E-state index contributed by atoms with van der Waals surface area (Å²) < 4.78 is 18.1. The normalized spacial score (nSPS) is 11.7. The molecule has 1 unspecified atom stereocenters. The number of rotatable bonds is 7. The van der Waals surface area contributed by atoms with Crippen LogP contribution in [0.25, 0.3) is 0 Å². The second-order valence-corrected chi connectivity index (χ2v) is 4.83. The Bertz CT molecular complexity index is 617. The summed E-state index contributed by atoms with van der Waals surface area (Å²) in [6, 6.07) is 13.4. The number of ether oxygens (including phenoxy) is 1. The Morgan fingerprint density at radius 2 is 1.82 bits per heavy atom. The number of hydrogen-bond donors (Lipinski definition) is 2. The zero-order valence-corrected chi connectivity index (χ0v) is 12.1. The molecule has 2 N–H and O–H groups in total. The fraction of sp³-hybridized carbons (Fsp3) is 0.222. The Morgan fingerprint density at radius 3 is 2.45 bits per heavy atom. The van der Waals surface area contributed by atoms with Gasteiger partial charge in [-0.1, -0.05) is 30.2 Å². The molecule has 0 heterocycles. The van der Waals surface area contributed by atoms with Crippen molar-refractivity contribution < 1.29 is 14.2 Å². The van der Waals surface area contributed by atoms with Crippen LogP contribution in [-0.4, -0.2) is 18.3 Å². The molecule has 0 bridgehead atoms. The van der Waals surface area contributed by atoms with E-state index < -0.39 is 6.10 Å². The first-order valence-corrected chi connectivity index (χ1v) is 6.98. The molecule has 0 spiro atoms. The van der Waals surface area contributed by atoms with Crippen molar-refractivity contribution in [3.8, 4) is 18.1 Å². The van der Waals surface area contributed by atoms with Gasteiger partial charge in [0.2, 0.25) is 0 Å². The molecular formula is C18H18FNO2. The van der Waals surface area contributed by atoms with Crippen LogP contribution in [0.15, 0.2) is 48.5 Å². The summed E-state index contributed by atoms with van der Waals surface area (Å²) in [4.78, 5) is 0. The highest BCUT2D eigenvalue weighted by atomic mass is 19.1. The van der Waals surface area contributed by atoms with Crippen molar-refractivity contribution in [2.75, 3.05) is 13.2 Å². The van der Waals surface area contributed by atoms with Gasteiger partial charge < -0.3 is 15.2 Å². The average Bonchev–Trinajstić information content (AvgIpc) is 2.54. The molecule has 2 aromatic carbocycles. The van der Waals surface area contributed by atoms with Gasteiger partial charge in [0.05, 0.1) is 6.10 Å². The van der Waals surface area contributed by atoms with E-state index in [1.165, 1.54) is 12.1 Å². The quantitative estimate of drug-likeness (QED) is 0.772. The maximum absolute atomic E-state index is 12.8. The molecule has 114 valence electrons. The van der Waals surface area contributed by atoms with Crippen molar-refractivity contribution in [3.63, 3.8) is 0 Å². The molecular weight excluding hydrogens is 281 g/mol. The highest BCUT2D eigenvalue weighted by molar-refractivity contribution is 5.27. The minimum Gasteiger partial charge on any atom is -0.481 e. The van der Waals surface area contributed by atoms with Crippen LogP contribution >= 0.6 is 0 Å². The molecule has 2 aromatic rings. The van der Waals surface area contributed by atoms with Crippen molar-refractivity contribution in [3.05, 3.63) is 65.5 Å². The summed E-state index contributed by atoms with van der Waals surface area (Å²) in [5.41, 5.74) is 1.76. The molecule has 4 heteroatoms. The third kappa shape index (κ3) is 4.88. The number of halogens is 1. The molecule has 22 heavy (non-hydrogen) atoms. The molecule has 0 aliphatic heterocycles. The van der Waals surface area contributed by atoms with Crippen LogP contribution in [0.3, 0.4) is 0 Å². The molecule has 2 rings (SSSR count). The Morgan fingerprint density at radius 1 is 1.14 bits per heavy atom. The molecule has 3 nitrogen and oxygen atoms in total. The van der Waals surface area contributed by atoms with Gasteiger partial charge in [-0.15, -0.1) is 6.42 Å². The van der Waals surface area contributed by atoms with Crippen molar-refractivity contribution in [2.24, 2.45) is 0 Å². The molecule has 0 amide bonds. The van der Waals surface area contributed by atoms with Gasteiger partial charge in [-0.25, -0.2) is 4.39 Å². The minimum absolute atomic E-state index is 0.251. The van der Waals surface area contributed by atoms with Crippen LogP contribution in [0.2, 0.25) is 0 Å². The third-order valence-electron chi connectivity index (χ3n) is 3.17. The van der Waals surface area contributed by atoms with E-state index in [9.17, 15) is 9.50 Å². The van der Waals surface area contributed by atoms with Gasteiger partial charge in [-0.2, -0.15) is 0 Å². The second kappa shape index (κ2) is 8.18. The summed E-state index contributed by atoms with van der Waals surface area (Å²) in [6.45, 7) is 1.26. The predicted molar refractivity (Wildman–Crippen MR) is 83.8 cm³/mol. The zero-order valence-electron chi connectivity index (χ0n) is 12.1. The summed E-state index contributed by atoms with van der Waals surface area (Å²) in [5, 5.41) is 13.2. The number of nitrogens with one attached hydrogen (secondary N) is 1. The number of aliphatic hydroxyl groups is 1. The Labute approximate surface area is 129 Å². The maximum atomic E-state index is 12.8. The van der Waals surface area contributed by atoms with E-state index in [1.807, 2.05) is 24.3 Å². The smallest absolute Gasteiger partial charge is 0.148 e. The summed E-state index contributed by atoms with van der Waals surface area (Å²) in [7, 11) is 0. The lowest BCUT2D eigenvalue weighted by molar-refractivity contribution is 0.174. The van der Waals surface area contributed by atoms with Gasteiger partial charge in [0.25, 0.3) is 0 Å². The first-order chi connectivity index (χ1) is 10.7. The highest BCUT2D eigenvalue weighted by Crippen LogP contribution is 2.14. The van der Waals surface area contributed by atoms with Gasteiger partial charge in [0, 0.05) is 13.1 Å². The second-order valence-electron chi connectivity index (χ2n) is 4.83. The van der Waals surface area contributed by atoms with Crippen molar-refractivity contribution in [1.29, 1.82) is 0 Å². The van der Waals surface area contributed by atoms with E-state index in [-0.39, 0.29) is 12.4 Å². The van der Waals surface area contributed by atoms with Gasteiger partial charge in [0.15, 0.2) is 0 Å². The van der Waals surface area contributed by atoms with E-state index in [0.717, 1.165) is 11.3 Å². The Kier molecular flexibility index (Phi) is 5.96. The monoisotopic (exact) mass is 299 g/mol. The van der Waals surface area contributed by atoms with Crippen LogP contribution in [-0.2, 0) is 6.54 Å². The lowest BCUT2D eigenvalue weighted by Gasteiger charge is -2.12. The average molecular weight is 299 g/mol. The number of aliphatic hydroxyl groups excluding tert-OH is 1. The minimum atomic E-state index is -0.668. The van der Waals surface area contributed by atoms with E-state index in [0.29, 0.717) is 18.7 Å². The van der Waals surface area contributed by atoms with E-state index in [2.05, 4.69) is 11.2 Å². The molecule has 0 aliphatic rings. The predicted octanol–water partition coefficient (Wildman–Crippen LogP) is 2.66. The molecule has 0 saturated heterocycles. The molecule has 0 radical (unpaired) electrons. The third-order valence-corrected chi connectivity index (χ3v) is 3.17. The number of hydrogen-bond acceptors (Lipinski definition) is 3.